The molecule has 1 aliphatic heterocycles. The molecule has 37 heavy (non-hydrogen) atoms. The lowest BCUT2D eigenvalue weighted by molar-refractivity contribution is 0.0903. The lowest BCUT2D eigenvalue weighted by Gasteiger charge is -2.36. The van der Waals surface area contributed by atoms with E-state index < -0.39 is 33.1 Å². The molecule has 0 aliphatic carbocycles. The fraction of sp³-hybridized carbons (Fsp3) is 0.536. The Morgan fingerprint density at radius 2 is 1.62 bits per heavy atom. The molecular weight excluding hydrogens is 498 g/mol. The summed E-state index contributed by atoms with van der Waals surface area (Å²) in [5.74, 6) is -1.11. The Hall–Kier alpha value is -2.52. The number of halogens is 2. The van der Waals surface area contributed by atoms with Crippen LogP contribution in [0.2, 0.25) is 0 Å². The zero-order valence-electron chi connectivity index (χ0n) is 22.1. The molecule has 1 atom stereocenters. The van der Waals surface area contributed by atoms with Crippen molar-refractivity contribution in [3.8, 4) is 0 Å². The van der Waals surface area contributed by atoms with Gasteiger partial charge in [0, 0.05) is 30.3 Å². The normalized spacial score (nSPS) is 16.5. The molecule has 0 aromatic heterocycles. The molecule has 0 bridgehead atoms. The molecule has 1 fully saturated rings. The summed E-state index contributed by atoms with van der Waals surface area (Å²) < 4.78 is 51.8. The zero-order valence-corrected chi connectivity index (χ0v) is 22.9. The minimum absolute atomic E-state index is 0.204. The SMILES string of the molecule is CC(C)(C)N(CCC1CCN(CCC(c2ccc(S(C)(=O)=O)cc2)c2cc(F)cc(F)c2)CC1)C(=O)O. The summed E-state index contributed by atoms with van der Waals surface area (Å²) in [6.07, 6.45) is 3.65. The van der Waals surface area contributed by atoms with Gasteiger partial charge in [0.2, 0.25) is 0 Å². The summed E-state index contributed by atoms with van der Waals surface area (Å²) in [5, 5.41) is 9.52. The van der Waals surface area contributed by atoms with Gasteiger partial charge in [-0.25, -0.2) is 22.0 Å². The van der Waals surface area contributed by atoms with Gasteiger partial charge in [-0.2, -0.15) is 0 Å². The fourth-order valence-corrected chi connectivity index (χ4v) is 5.72. The van der Waals surface area contributed by atoms with E-state index in [-0.39, 0.29) is 10.8 Å². The molecule has 3 rings (SSSR count). The second-order valence-electron chi connectivity index (χ2n) is 11.1. The largest absolute Gasteiger partial charge is 0.465 e. The van der Waals surface area contributed by atoms with Crippen molar-refractivity contribution in [2.24, 2.45) is 5.92 Å². The van der Waals surface area contributed by atoms with Crippen LogP contribution in [0.3, 0.4) is 0 Å². The monoisotopic (exact) mass is 536 g/mol. The Morgan fingerprint density at radius 3 is 2.11 bits per heavy atom. The molecule has 1 N–H and O–H groups in total. The van der Waals surface area contributed by atoms with Crippen LogP contribution in [-0.2, 0) is 9.84 Å². The zero-order chi connectivity index (χ0) is 27.4. The summed E-state index contributed by atoms with van der Waals surface area (Å²) in [4.78, 5) is 15.6. The Balaban J connectivity index is 1.64. The molecule has 204 valence electrons. The van der Waals surface area contributed by atoms with E-state index in [9.17, 15) is 27.1 Å². The molecule has 0 saturated carbocycles. The quantitative estimate of drug-likeness (QED) is 0.440. The third-order valence-electron chi connectivity index (χ3n) is 7.24. The summed E-state index contributed by atoms with van der Waals surface area (Å²) in [6, 6.07) is 10.1. The molecule has 1 unspecified atom stereocenters. The molecule has 1 amide bonds. The number of benzene rings is 2. The molecule has 0 radical (unpaired) electrons. The predicted octanol–water partition coefficient (Wildman–Crippen LogP) is 5.77. The van der Waals surface area contributed by atoms with Gasteiger partial charge in [0.15, 0.2) is 9.84 Å². The number of rotatable bonds is 9. The van der Waals surface area contributed by atoms with Crippen LogP contribution in [0.1, 0.15) is 63.5 Å². The first-order chi connectivity index (χ1) is 17.2. The molecule has 1 heterocycles. The maximum Gasteiger partial charge on any atom is 0.407 e. The molecular formula is C28H38F2N2O4S. The van der Waals surface area contributed by atoms with Gasteiger partial charge in [-0.3, -0.25) is 0 Å². The van der Waals surface area contributed by atoms with Gasteiger partial charge in [-0.05, 0) is 107 Å². The highest BCUT2D eigenvalue weighted by molar-refractivity contribution is 7.90. The lowest BCUT2D eigenvalue weighted by Crippen LogP contribution is -2.46. The van der Waals surface area contributed by atoms with Crippen LogP contribution in [0.5, 0.6) is 0 Å². The minimum Gasteiger partial charge on any atom is -0.465 e. The molecule has 2 aromatic rings. The highest BCUT2D eigenvalue weighted by Crippen LogP contribution is 2.31. The standard InChI is InChI=1S/C28H38F2N2O4S/c1-28(2,3)32(27(33)34)16-11-20-9-13-31(14-10-20)15-12-26(22-17-23(29)19-24(30)18-22)21-5-7-25(8-6-21)37(4,35)36/h5-8,17-20,26H,9-16H2,1-4H3,(H,33,34). The van der Waals surface area contributed by atoms with Gasteiger partial charge >= 0.3 is 6.09 Å². The first kappa shape index (κ1) is 29.0. The predicted molar refractivity (Wildman–Crippen MR) is 141 cm³/mol. The van der Waals surface area contributed by atoms with Crippen molar-refractivity contribution in [1.82, 2.24) is 9.80 Å². The second-order valence-corrected chi connectivity index (χ2v) is 13.1. The number of likely N-dealkylation sites (tertiary alicyclic amines) is 1. The molecule has 1 aliphatic rings. The van der Waals surface area contributed by atoms with Crippen molar-refractivity contribution >= 4 is 15.9 Å². The van der Waals surface area contributed by atoms with E-state index in [1.165, 1.54) is 29.2 Å². The van der Waals surface area contributed by atoms with E-state index in [0.717, 1.165) is 56.8 Å². The van der Waals surface area contributed by atoms with Crippen molar-refractivity contribution in [2.75, 3.05) is 32.4 Å². The second kappa shape index (κ2) is 11.9. The Morgan fingerprint density at radius 1 is 1.05 bits per heavy atom. The lowest BCUT2D eigenvalue weighted by atomic mass is 9.87. The number of sulfone groups is 1. The number of amides is 1. The number of nitrogens with zero attached hydrogens (tertiary/aromatic N) is 2. The topological polar surface area (TPSA) is 77.9 Å². The summed E-state index contributed by atoms with van der Waals surface area (Å²) in [7, 11) is -3.35. The van der Waals surface area contributed by atoms with Crippen LogP contribution >= 0.6 is 0 Å². The molecule has 1 saturated heterocycles. The highest BCUT2D eigenvalue weighted by Gasteiger charge is 2.28. The third-order valence-corrected chi connectivity index (χ3v) is 8.37. The number of piperidine rings is 1. The van der Waals surface area contributed by atoms with Crippen LogP contribution < -0.4 is 0 Å². The average molecular weight is 537 g/mol. The van der Waals surface area contributed by atoms with Crippen molar-refractivity contribution in [1.29, 1.82) is 0 Å². The van der Waals surface area contributed by atoms with E-state index in [1.54, 1.807) is 12.1 Å². The molecule has 0 spiro atoms. The van der Waals surface area contributed by atoms with Crippen LogP contribution in [0.4, 0.5) is 13.6 Å². The van der Waals surface area contributed by atoms with E-state index >= 15 is 0 Å². The maximum atomic E-state index is 14.0. The molecule has 2 aromatic carbocycles. The Bertz CT molecular complexity index is 1150. The Labute approximate surface area is 219 Å². The summed E-state index contributed by atoms with van der Waals surface area (Å²) in [6.45, 7) is 8.71. The Kier molecular flexibility index (Phi) is 9.34. The number of hydrogen-bond donors (Lipinski definition) is 1. The minimum atomic E-state index is -3.35. The van der Waals surface area contributed by atoms with Crippen molar-refractivity contribution in [2.45, 2.75) is 62.8 Å². The first-order valence-corrected chi connectivity index (χ1v) is 14.6. The number of hydrogen-bond acceptors (Lipinski definition) is 4. The third kappa shape index (κ3) is 8.23. The highest BCUT2D eigenvalue weighted by atomic mass is 32.2. The molecule has 6 nitrogen and oxygen atoms in total. The van der Waals surface area contributed by atoms with Gasteiger partial charge in [0.05, 0.1) is 4.90 Å². The van der Waals surface area contributed by atoms with Gasteiger partial charge < -0.3 is 14.9 Å². The van der Waals surface area contributed by atoms with Gasteiger partial charge in [0.1, 0.15) is 11.6 Å². The maximum absolute atomic E-state index is 14.0. The van der Waals surface area contributed by atoms with Crippen LogP contribution in [0.25, 0.3) is 0 Å². The first-order valence-electron chi connectivity index (χ1n) is 12.7. The van der Waals surface area contributed by atoms with Crippen LogP contribution in [-0.4, -0.2) is 67.4 Å². The van der Waals surface area contributed by atoms with E-state index in [4.69, 9.17) is 0 Å². The van der Waals surface area contributed by atoms with Crippen molar-refractivity contribution in [3.05, 3.63) is 65.2 Å². The van der Waals surface area contributed by atoms with E-state index in [0.29, 0.717) is 24.4 Å². The van der Waals surface area contributed by atoms with Gasteiger partial charge in [0.25, 0.3) is 0 Å². The average Bonchev–Trinajstić information content (AvgIpc) is 2.78. The van der Waals surface area contributed by atoms with Crippen molar-refractivity contribution in [3.63, 3.8) is 0 Å². The van der Waals surface area contributed by atoms with Crippen molar-refractivity contribution < 1.29 is 27.1 Å². The summed E-state index contributed by atoms with van der Waals surface area (Å²) in [5.41, 5.74) is 0.899. The van der Waals surface area contributed by atoms with Crippen LogP contribution in [0, 0.1) is 17.6 Å². The van der Waals surface area contributed by atoms with Crippen LogP contribution in [0.15, 0.2) is 47.4 Å². The number of carbonyl (C=O) groups is 1. The van der Waals surface area contributed by atoms with E-state index in [1.807, 2.05) is 20.8 Å². The fourth-order valence-electron chi connectivity index (χ4n) is 5.09. The smallest absolute Gasteiger partial charge is 0.407 e. The van der Waals surface area contributed by atoms with E-state index in [2.05, 4.69) is 4.90 Å². The number of carboxylic acid groups (broad SMARTS) is 1. The summed E-state index contributed by atoms with van der Waals surface area (Å²) >= 11 is 0. The molecule has 9 heteroatoms. The van der Waals surface area contributed by atoms with Gasteiger partial charge in [-0.1, -0.05) is 12.1 Å². The van der Waals surface area contributed by atoms with Gasteiger partial charge in [-0.15, -0.1) is 0 Å².